The monoisotopic (exact) mass is 286 g/mol. The minimum absolute atomic E-state index is 0.168. The summed E-state index contributed by atoms with van der Waals surface area (Å²) in [4.78, 5) is 39.0. The number of carbonyl (C=O) groups is 3. The molecule has 3 amide bonds. The molecule has 0 unspecified atom stereocenters. The van der Waals surface area contributed by atoms with E-state index in [4.69, 9.17) is 0 Å². The summed E-state index contributed by atoms with van der Waals surface area (Å²) in [6.45, 7) is 8.57. The number of nitrogens with zero attached hydrogens (tertiary/aromatic N) is 2. The zero-order valence-electron chi connectivity index (χ0n) is 12.5. The van der Waals surface area contributed by atoms with Crippen molar-refractivity contribution in [2.45, 2.75) is 13.8 Å². The third kappa shape index (κ3) is 2.59. The van der Waals surface area contributed by atoms with E-state index < -0.39 is 0 Å². The van der Waals surface area contributed by atoms with Crippen molar-refractivity contribution in [1.29, 1.82) is 0 Å². The third-order valence-electron chi connectivity index (χ3n) is 3.47. The lowest BCUT2D eigenvalue weighted by Gasteiger charge is -2.21. The van der Waals surface area contributed by atoms with Crippen LogP contribution in [0.5, 0.6) is 0 Å². The number of hydrogen-bond acceptors (Lipinski definition) is 3. The van der Waals surface area contributed by atoms with E-state index in [9.17, 15) is 14.4 Å². The molecule has 1 aromatic rings. The molecule has 0 atom stereocenters. The van der Waals surface area contributed by atoms with Crippen molar-refractivity contribution >= 4 is 17.7 Å². The highest BCUT2D eigenvalue weighted by Gasteiger charge is 2.33. The summed E-state index contributed by atoms with van der Waals surface area (Å²) in [5, 5.41) is 0. The molecular formula is C16H18N2O3. The molecule has 0 spiro atoms. The maximum atomic E-state index is 12.5. The van der Waals surface area contributed by atoms with Crippen molar-refractivity contribution in [2.75, 3.05) is 20.1 Å². The fourth-order valence-corrected chi connectivity index (χ4v) is 2.33. The molecule has 0 saturated heterocycles. The van der Waals surface area contributed by atoms with Crippen LogP contribution in [-0.2, 0) is 0 Å². The number of likely N-dealkylation sites (N-methyl/N-ethyl adjacent to an activating group) is 1. The predicted molar refractivity (Wildman–Crippen MR) is 79.3 cm³/mol. The molecule has 0 bridgehead atoms. The van der Waals surface area contributed by atoms with Gasteiger partial charge in [0.15, 0.2) is 0 Å². The molecule has 1 heterocycles. The molecule has 21 heavy (non-hydrogen) atoms. The van der Waals surface area contributed by atoms with Gasteiger partial charge in [-0.2, -0.15) is 0 Å². The minimum atomic E-state index is -0.368. The first-order chi connectivity index (χ1) is 9.86. The highest BCUT2D eigenvalue weighted by molar-refractivity contribution is 6.21. The summed E-state index contributed by atoms with van der Waals surface area (Å²) < 4.78 is 0. The van der Waals surface area contributed by atoms with Gasteiger partial charge in [-0.05, 0) is 32.0 Å². The van der Waals surface area contributed by atoms with Crippen LogP contribution in [0, 0.1) is 0 Å². The first-order valence-electron chi connectivity index (χ1n) is 6.77. The zero-order chi connectivity index (χ0) is 15.7. The maximum absolute atomic E-state index is 12.5. The molecule has 0 radical (unpaired) electrons. The smallest absolute Gasteiger partial charge is 0.261 e. The lowest BCUT2D eigenvalue weighted by Crippen LogP contribution is -2.32. The summed E-state index contributed by atoms with van der Waals surface area (Å²) >= 11 is 0. The lowest BCUT2D eigenvalue weighted by molar-refractivity contribution is 0.0692. The van der Waals surface area contributed by atoms with Crippen molar-refractivity contribution in [2.24, 2.45) is 0 Å². The van der Waals surface area contributed by atoms with E-state index in [2.05, 4.69) is 6.58 Å². The van der Waals surface area contributed by atoms with Gasteiger partial charge in [0.1, 0.15) is 0 Å². The molecule has 1 aliphatic heterocycles. The Hall–Kier alpha value is -2.43. The van der Waals surface area contributed by atoms with Gasteiger partial charge in [0.05, 0.1) is 11.1 Å². The molecule has 2 rings (SSSR count). The van der Waals surface area contributed by atoms with Crippen LogP contribution in [0.25, 0.3) is 0 Å². The average Bonchev–Trinajstić information content (AvgIpc) is 2.68. The van der Waals surface area contributed by atoms with E-state index in [1.165, 1.54) is 13.1 Å². The first kappa shape index (κ1) is 15.0. The van der Waals surface area contributed by atoms with Gasteiger partial charge in [0.25, 0.3) is 17.7 Å². The Morgan fingerprint density at radius 2 is 1.86 bits per heavy atom. The Morgan fingerprint density at radius 1 is 1.24 bits per heavy atom. The zero-order valence-corrected chi connectivity index (χ0v) is 12.5. The molecule has 0 saturated carbocycles. The van der Waals surface area contributed by atoms with Gasteiger partial charge in [-0.1, -0.05) is 12.2 Å². The molecule has 110 valence electrons. The van der Waals surface area contributed by atoms with Crippen molar-refractivity contribution < 1.29 is 14.4 Å². The van der Waals surface area contributed by atoms with Crippen LogP contribution in [-0.4, -0.2) is 47.7 Å². The van der Waals surface area contributed by atoms with Gasteiger partial charge in [-0.25, -0.2) is 0 Å². The molecular weight excluding hydrogens is 268 g/mol. The largest absolute Gasteiger partial charge is 0.335 e. The van der Waals surface area contributed by atoms with Crippen molar-refractivity contribution in [3.8, 4) is 0 Å². The molecule has 0 fully saturated rings. The molecule has 0 aromatic heterocycles. The predicted octanol–water partition coefficient (Wildman–Crippen LogP) is 1.95. The molecule has 5 nitrogen and oxygen atoms in total. The summed E-state index contributed by atoms with van der Waals surface area (Å²) in [5.41, 5.74) is 1.94. The summed E-state index contributed by atoms with van der Waals surface area (Å²) in [6, 6.07) is 4.63. The Morgan fingerprint density at radius 3 is 2.43 bits per heavy atom. The van der Waals surface area contributed by atoms with E-state index in [1.54, 1.807) is 17.0 Å². The van der Waals surface area contributed by atoms with Crippen molar-refractivity contribution in [1.82, 2.24) is 9.80 Å². The van der Waals surface area contributed by atoms with Gasteiger partial charge in [-0.15, -0.1) is 0 Å². The number of amides is 3. The van der Waals surface area contributed by atoms with Crippen LogP contribution in [0.3, 0.4) is 0 Å². The van der Waals surface area contributed by atoms with Crippen LogP contribution in [0.1, 0.15) is 44.9 Å². The normalized spacial score (nSPS) is 13.4. The van der Waals surface area contributed by atoms with Crippen LogP contribution >= 0.6 is 0 Å². The molecule has 0 N–H and O–H groups in total. The minimum Gasteiger partial charge on any atom is -0.335 e. The molecule has 1 aliphatic rings. The topological polar surface area (TPSA) is 57.7 Å². The van der Waals surface area contributed by atoms with Crippen LogP contribution in [0.2, 0.25) is 0 Å². The Bertz CT molecular complexity index is 649. The van der Waals surface area contributed by atoms with E-state index in [1.807, 2.05) is 13.8 Å². The fourth-order valence-electron chi connectivity index (χ4n) is 2.33. The maximum Gasteiger partial charge on any atom is 0.261 e. The highest BCUT2D eigenvalue weighted by Crippen LogP contribution is 2.23. The summed E-state index contributed by atoms with van der Waals surface area (Å²) in [7, 11) is 1.44. The number of fused-ring (bicyclic) bond motifs is 1. The highest BCUT2D eigenvalue weighted by atomic mass is 16.2. The summed E-state index contributed by atoms with van der Waals surface area (Å²) in [6.07, 6.45) is 0. The van der Waals surface area contributed by atoms with E-state index in [0.717, 1.165) is 10.5 Å². The van der Waals surface area contributed by atoms with E-state index >= 15 is 0 Å². The van der Waals surface area contributed by atoms with Crippen molar-refractivity contribution in [3.63, 3.8) is 0 Å². The lowest BCUT2D eigenvalue weighted by atomic mass is 10.0. The number of hydrogen-bond donors (Lipinski definition) is 0. The molecule has 5 heteroatoms. The fraction of sp³-hybridized carbons (Fsp3) is 0.312. The second kappa shape index (κ2) is 5.52. The number of benzene rings is 1. The summed E-state index contributed by atoms with van der Waals surface area (Å²) in [5.74, 6) is -0.867. The number of imide groups is 1. The Labute approximate surface area is 123 Å². The van der Waals surface area contributed by atoms with Gasteiger partial charge >= 0.3 is 0 Å². The van der Waals surface area contributed by atoms with Gasteiger partial charge in [-0.3, -0.25) is 19.3 Å². The third-order valence-corrected chi connectivity index (χ3v) is 3.47. The van der Waals surface area contributed by atoms with Gasteiger partial charge in [0, 0.05) is 25.7 Å². The average molecular weight is 286 g/mol. The molecule has 1 aromatic carbocycles. The van der Waals surface area contributed by atoms with Gasteiger partial charge < -0.3 is 4.90 Å². The van der Waals surface area contributed by atoms with Gasteiger partial charge in [0.2, 0.25) is 0 Å². The number of rotatable bonds is 4. The Balaban J connectivity index is 2.35. The molecule has 0 aliphatic carbocycles. The SMILES string of the molecule is C=C(C)CN(CC)C(=O)c1ccc2c(c1)C(=O)N(C)C2=O. The second-order valence-corrected chi connectivity index (χ2v) is 5.21. The Kier molecular flexibility index (Phi) is 3.93. The number of carbonyl (C=O) groups excluding carboxylic acids is 3. The first-order valence-corrected chi connectivity index (χ1v) is 6.77. The second-order valence-electron chi connectivity index (χ2n) is 5.21. The van der Waals surface area contributed by atoms with Crippen LogP contribution in [0.15, 0.2) is 30.4 Å². The van der Waals surface area contributed by atoms with Crippen molar-refractivity contribution in [3.05, 3.63) is 47.0 Å². The quantitative estimate of drug-likeness (QED) is 0.628. The van der Waals surface area contributed by atoms with Crippen LogP contribution < -0.4 is 0 Å². The van der Waals surface area contributed by atoms with E-state index in [0.29, 0.717) is 29.8 Å². The van der Waals surface area contributed by atoms with Crippen LogP contribution in [0.4, 0.5) is 0 Å². The van der Waals surface area contributed by atoms with E-state index in [-0.39, 0.29) is 17.7 Å². The standard InChI is InChI=1S/C16H18N2O3/c1-5-18(9-10(2)3)14(19)11-6-7-12-13(8-11)16(21)17(4)15(12)20/h6-8H,2,5,9H2,1,3-4H3.